The molecule has 2 saturated heterocycles. The van der Waals surface area contributed by atoms with Gasteiger partial charge in [0, 0.05) is 11.0 Å². The Morgan fingerprint density at radius 1 is 1.33 bits per heavy atom. The Labute approximate surface area is 142 Å². The molecule has 2 saturated carbocycles. The van der Waals surface area contributed by atoms with Crippen molar-refractivity contribution in [2.45, 2.75) is 57.8 Å². The van der Waals surface area contributed by atoms with Gasteiger partial charge in [0.2, 0.25) is 6.29 Å². The smallest absolute Gasteiger partial charge is 0.314 e. The summed E-state index contributed by atoms with van der Waals surface area (Å²) in [5.41, 5.74) is 1.92. The van der Waals surface area contributed by atoms with E-state index in [9.17, 15) is 4.79 Å². The van der Waals surface area contributed by atoms with E-state index < -0.39 is 6.29 Å². The molecule has 4 nitrogen and oxygen atoms in total. The van der Waals surface area contributed by atoms with Crippen LogP contribution in [-0.2, 0) is 14.3 Å². The van der Waals surface area contributed by atoms with Crippen LogP contribution in [0.1, 0.15) is 57.1 Å². The molecular formula is C20H24O4. The Morgan fingerprint density at radius 2 is 2.21 bits per heavy atom. The fourth-order valence-corrected chi connectivity index (χ4v) is 6.26. The van der Waals surface area contributed by atoms with Gasteiger partial charge in [-0.3, -0.25) is 4.79 Å². The monoisotopic (exact) mass is 328 g/mol. The second-order valence-electron chi connectivity index (χ2n) is 8.34. The van der Waals surface area contributed by atoms with Crippen molar-refractivity contribution in [3.63, 3.8) is 0 Å². The minimum atomic E-state index is -0.445. The number of carbonyl (C=O) groups is 1. The van der Waals surface area contributed by atoms with Crippen LogP contribution in [0.5, 0.6) is 0 Å². The minimum Gasteiger partial charge on any atom is -0.472 e. The standard InChI is InChI=1S/C20H24O4/c1-12-4-5-16-19(2)7-3-8-20(16)14(12)10-15(13-6-9-22-11-13)23-18(20)24-17(19)21/h6,9,11,14-16,18H,1,3-5,7-8,10H2,2H3/t14-,15-,16-,18?,19+,20-/m0/s1. The molecule has 1 spiro atoms. The zero-order valence-electron chi connectivity index (χ0n) is 14.1. The molecule has 5 rings (SSSR count). The van der Waals surface area contributed by atoms with Crippen molar-refractivity contribution in [3.8, 4) is 0 Å². The Bertz CT molecular complexity index is 693. The molecule has 1 aromatic heterocycles. The molecule has 4 heteroatoms. The lowest BCUT2D eigenvalue weighted by Gasteiger charge is -2.66. The van der Waals surface area contributed by atoms with Gasteiger partial charge in [0.15, 0.2) is 0 Å². The zero-order chi connectivity index (χ0) is 16.5. The molecule has 128 valence electrons. The van der Waals surface area contributed by atoms with E-state index in [1.54, 1.807) is 12.5 Å². The third-order valence-corrected chi connectivity index (χ3v) is 7.39. The number of allylic oxidation sites excluding steroid dienone is 1. The summed E-state index contributed by atoms with van der Waals surface area (Å²) in [6.07, 6.45) is 8.94. The molecule has 4 fully saturated rings. The highest BCUT2D eigenvalue weighted by molar-refractivity contribution is 5.78. The van der Waals surface area contributed by atoms with E-state index in [2.05, 4.69) is 13.5 Å². The predicted molar refractivity (Wildman–Crippen MR) is 86.8 cm³/mol. The summed E-state index contributed by atoms with van der Waals surface area (Å²) < 4.78 is 17.5. The van der Waals surface area contributed by atoms with Gasteiger partial charge in [-0.1, -0.05) is 18.6 Å². The molecule has 1 unspecified atom stereocenters. The Hall–Kier alpha value is -1.55. The lowest BCUT2D eigenvalue weighted by molar-refractivity contribution is -0.330. The van der Waals surface area contributed by atoms with Gasteiger partial charge in [0.1, 0.15) is 0 Å². The Kier molecular flexibility index (Phi) is 2.92. The van der Waals surface area contributed by atoms with Gasteiger partial charge in [-0.05, 0) is 56.9 Å². The third kappa shape index (κ3) is 1.65. The number of carbonyl (C=O) groups excluding carboxylic acids is 1. The van der Waals surface area contributed by atoms with Crippen molar-refractivity contribution in [3.05, 3.63) is 36.3 Å². The van der Waals surface area contributed by atoms with Crippen molar-refractivity contribution < 1.29 is 18.7 Å². The maximum Gasteiger partial charge on any atom is 0.314 e. The number of ether oxygens (including phenoxy) is 2. The second-order valence-corrected chi connectivity index (χ2v) is 8.34. The van der Waals surface area contributed by atoms with Crippen LogP contribution in [0.3, 0.4) is 0 Å². The van der Waals surface area contributed by atoms with E-state index in [1.165, 1.54) is 5.57 Å². The predicted octanol–water partition coefficient (Wildman–Crippen LogP) is 4.38. The molecule has 4 aliphatic rings. The quantitative estimate of drug-likeness (QED) is 0.567. The van der Waals surface area contributed by atoms with Gasteiger partial charge in [0.25, 0.3) is 0 Å². The molecule has 2 aliphatic carbocycles. The van der Waals surface area contributed by atoms with Crippen LogP contribution in [0.25, 0.3) is 0 Å². The van der Waals surface area contributed by atoms with Crippen molar-refractivity contribution in [1.29, 1.82) is 0 Å². The maximum absolute atomic E-state index is 12.8. The summed E-state index contributed by atoms with van der Waals surface area (Å²) >= 11 is 0. The molecule has 3 heterocycles. The minimum absolute atomic E-state index is 0.0630. The van der Waals surface area contributed by atoms with Gasteiger partial charge in [-0.25, -0.2) is 0 Å². The highest BCUT2D eigenvalue weighted by atomic mass is 16.7. The van der Waals surface area contributed by atoms with Crippen LogP contribution < -0.4 is 0 Å². The summed E-state index contributed by atoms with van der Waals surface area (Å²) in [5.74, 6) is 0.653. The molecule has 6 atom stereocenters. The number of rotatable bonds is 1. The van der Waals surface area contributed by atoms with E-state index in [4.69, 9.17) is 13.9 Å². The van der Waals surface area contributed by atoms with E-state index in [-0.39, 0.29) is 22.9 Å². The maximum atomic E-state index is 12.8. The Morgan fingerprint density at radius 3 is 3.00 bits per heavy atom. The van der Waals surface area contributed by atoms with E-state index in [0.717, 1.165) is 44.1 Å². The topological polar surface area (TPSA) is 48.7 Å². The van der Waals surface area contributed by atoms with E-state index in [1.807, 2.05) is 6.07 Å². The zero-order valence-corrected chi connectivity index (χ0v) is 14.1. The molecule has 0 amide bonds. The fraction of sp³-hybridized carbons (Fsp3) is 0.650. The summed E-state index contributed by atoms with van der Waals surface area (Å²) in [4.78, 5) is 12.8. The molecule has 1 aromatic rings. The normalized spacial score (nSPS) is 47.0. The highest BCUT2D eigenvalue weighted by Gasteiger charge is 2.69. The van der Waals surface area contributed by atoms with Crippen molar-refractivity contribution in [2.75, 3.05) is 0 Å². The average molecular weight is 328 g/mol. The van der Waals surface area contributed by atoms with Gasteiger partial charge in [-0.15, -0.1) is 0 Å². The second kappa shape index (κ2) is 4.75. The van der Waals surface area contributed by atoms with Crippen LogP contribution >= 0.6 is 0 Å². The van der Waals surface area contributed by atoms with Crippen molar-refractivity contribution in [1.82, 2.24) is 0 Å². The summed E-state index contributed by atoms with van der Waals surface area (Å²) in [5, 5.41) is 0. The van der Waals surface area contributed by atoms with Crippen LogP contribution in [0, 0.1) is 22.7 Å². The summed E-state index contributed by atoms with van der Waals surface area (Å²) in [6.45, 7) is 6.52. The van der Waals surface area contributed by atoms with E-state index >= 15 is 0 Å². The van der Waals surface area contributed by atoms with Crippen molar-refractivity contribution >= 4 is 5.97 Å². The number of furan rings is 1. The highest BCUT2D eigenvalue weighted by Crippen LogP contribution is 2.69. The molecular weight excluding hydrogens is 304 g/mol. The number of hydrogen-bond donors (Lipinski definition) is 0. The first-order valence-electron chi connectivity index (χ1n) is 9.12. The molecule has 0 radical (unpaired) electrons. The molecule has 24 heavy (non-hydrogen) atoms. The Balaban J connectivity index is 1.61. The SMILES string of the molecule is C=C1CC[C@@H]2[C@@]34CCC[C@@]2(C)C(=O)OC3O[C@H](c2ccoc2)C[C@@H]14. The van der Waals surface area contributed by atoms with Crippen LogP contribution in [0.2, 0.25) is 0 Å². The van der Waals surface area contributed by atoms with Gasteiger partial charge < -0.3 is 13.9 Å². The largest absolute Gasteiger partial charge is 0.472 e. The number of esters is 1. The van der Waals surface area contributed by atoms with Crippen LogP contribution in [0.15, 0.2) is 35.2 Å². The van der Waals surface area contributed by atoms with Gasteiger partial charge in [-0.2, -0.15) is 0 Å². The summed E-state index contributed by atoms with van der Waals surface area (Å²) in [6, 6.07) is 1.95. The average Bonchev–Trinajstić information content (AvgIpc) is 3.09. The van der Waals surface area contributed by atoms with E-state index in [0.29, 0.717) is 11.8 Å². The van der Waals surface area contributed by atoms with Gasteiger partial charge in [0.05, 0.1) is 24.0 Å². The lowest BCUT2D eigenvalue weighted by atomic mass is 9.44. The summed E-state index contributed by atoms with van der Waals surface area (Å²) in [7, 11) is 0. The molecule has 0 aromatic carbocycles. The fourth-order valence-electron chi connectivity index (χ4n) is 6.26. The molecule has 2 aliphatic heterocycles. The van der Waals surface area contributed by atoms with Gasteiger partial charge >= 0.3 is 5.97 Å². The first-order valence-corrected chi connectivity index (χ1v) is 9.12. The molecule has 0 N–H and O–H groups in total. The number of hydrogen-bond acceptors (Lipinski definition) is 4. The first kappa shape index (κ1) is 14.8. The van der Waals surface area contributed by atoms with Crippen LogP contribution in [-0.4, -0.2) is 12.3 Å². The van der Waals surface area contributed by atoms with Crippen LogP contribution in [0.4, 0.5) is 0 Å². The molecule has 2 bridgehead atoms. The van der Waals surface area contributed by atoms with Crippen molar-refractivity contribution in [2.24, 2.45) is 22.7 Å². The first-order chi connectivity index (χ1) is 11.6. The lowest BCUT2D eigenvalue weighted by Crippen LogP contribution is -2.67. The third-order valence-electron chi connectivity index (χ3n) is 7.39.